The van der Waals surface area contributed by atoms with E-state index >= 15 is 0 Å². The van der Waals surface area contributed by atoms with Crippen molar-refractivity contribution in [2.24, 2.45) is 0 Å². The van der Waals surface area contributed by atoms with E-state index in [9.17, 15) is 4.39 Å². The van der Waals surface area contributed by atoms with Gasteiger partial charge in [0.1, 0.15) is 11.6 Å². The summed E-state index contributed by atoms with van der Waals surface area (Å²) in [6.07, 6.45) is 1.92. The molecule has 0 spiro atoms. The van der Waals surface area contributed by atoms with Crippen molar-refractivity contribution in [3.63, 3.8) is 0 Å². The van der Waals surface area contributed by atoms with Gasteiger partial charge in [0.05, 0.1) is 7.11 Å². The number of halogens is 1. The van der Waals surface area contributed by atoms with Crippen LogP contribution in [-0.4, -0.2) is 13.7 Å². The lowest BCUT2D eigenvalue weighted by Crippen LogP contribution is -2.22. The monoisotopic (exact) mass is 225 g/mol. The van der Waals surface area contributed by atoms with Crippen molar-refractivity contribution in [3.8, 4) is 5.75 Å². The van der Waals surface area contributed by atoms with Crippen LogP contribution in [0.3, 0.4) is 0 Å². The van der Waals surface area contributed by atoms with Crippen LogP contribution in [0.1, 0.15) is 38.3 Å². The van der Waals surface area contributed by atoms with Crippen molar-refractivity contribution in [1.82, 2.24) is 5.32 Å². The van der Waals surface area contributed by atoms with Crippen molar-refractivity contribution < 1.29 is 9.13 Å². The Kier molecular flexibility index (Phi) is 5.26. The maximum Gasteiger partial charge on any atom is 0.131 e. The molecule has 0 aromatic heterocycles. The lowest BCUT2D eigenvalue weighted by Gasteiger charge is -2.20. The minimum absolute atomic E-state index is 0.0335. The number of nitrogens with one attached hydrogen (secondary N) is 1. The molecule has 1 rings (SSSR count). The summed E-state index contributed by atoms with van der Waals surface area (Å²) in [4.78, 5) is 0. The quantitative estimate of drug-likeness (QED) is 0.802. The molecule has 16 heavy (non-hydrogen) atoms. The minimum Gasteiger partial charge on any atom is -0.496 e. The summed E-state index contributed by atoms with van der Waals surface area (Å²) in [6, 6.07) is 4.99. The van der Waals surface area contributed by atoms with Gasteiger partial charge in [0.2, 0.25) is 0 Å². The fourth-order valence-corrected chi connectivity index (χ4v) is 1.92. The van der Waals surface area contributed by atoms with Gasteiger partial charge < -0.3 is 10.1 Å². The zero-order valence-electron chi connectivity index (χ0n) is 10.2. The summed E-state index contributed by atoms with van der Waals surface area (Å²) in [7, 11) is 1.58. The van der Waals surface area contributed by atoms with Crippen LogP contribution in [0.2, 0.25) is 0 Å². The van der Waals surface area contributed by atoms with Gasteiger partial charge >= 0.3 is 0 Å². The van der Waals surface area contributed by atoms with Crippen molar-refractivity contribution >= 4 is 0 Å². The highest BCUT2D eigenvalue weighted by atomic mass is 19.1. The van der Waals surface area contributed by atoms with E-state index in [2.05, 4.69) is 12.2 Å². The molecule has 0 radical (unpaired) electrons. The Morgan fingerprint density at radius 3 is 2.69 bits per heavy atom. The highest BCUT2D eigenvalue weighted by Crippen LogP contribution is 2.30. The molecule has 1 atom stereocenters. The predicted molar refractivity (Wildman–Crippen MR) is 64.3 cm³/mol. The minimum atomic E-state index is -0.196. The molecule has 0 saturated heterocycles. The molecular weight excluding hydrogens is 205 g/mol. The molecule has 0 heterocycles. The first kappa shape index (κ1) is 13.0. The number of hydrogen-bond acceptors (Lipinski definition) is 2. The van der Waals surface area contributed by atoms with Crippen molar-refractivity contribution in [3.05, 3.63) is 29.6 Å². The number of hydrogen-bond donors (Lipinski definition) is 1. The fraction of sp³-hybridized carbons (Fsp3) is 0.538. The van der Waals surface area contributed by atoms with Crippen molar-refractivity contribution in [2.75, 3.05) is 13.7 Å². The summed E-state index contributed by atoms with van der Waals surface area (Å²) in [5, 5.41) is 3.30. The average Bonchev–Trinajstić information content (AvgIpc) is 2.28. The SMILES string of the molecule is CCCC(NCC)c1c(F)cccc1OC. The van der Waals surface area contributed by atoms with Crippen LogP contribution in [0.4, 0.5) is 4.39 Å². The Morgan fingerprint density at radius 1 is 1.38 bits per heavy atom. The molecule has 0 aliphatic heterocycles. The summed E-state index contributed by atoms with van der Waals surface area (Å²) < 4.78 is 19.0. The second kappa shape index (κ2) is 6.48. The van der Waals surface area contributed by atoms with Gasteiger partial charge in [-0.1, -0.05) is 26.3 Å². The van der Waals surface area contributed by atoms with Crippen LogP contribution in [0.25, 0.3) is 0 Å². The van der Waals surface area contributed by atoms with Crippen LogP contribution < -0.4 is 10.1 Å². The summed E-state index contributed by atoms with van der Waals surface area (Å²) in [5.41, 5.74) is 0.647. The first-order chi connectivity index (χ1) is 7.74. The average molecular weight is 225 g/mol. The lowest BCUT2D eigenvalue weighted by molar-refractivity contribution is 0.386. The topological polar surface area (TPSA) is 21.3 Å². The van der Waals surface area contributed by atoms with E-state index < -0.39 is 0 Å². The first-order valence-corrected chi connectivity index (χ1v) is 5.80. The maximum atomic E-state index is 13.8. The van der Waals surface area contributed by atoms with E-state index in [1.54, 1.807) is 19.2 Å². The fourth-order valence-electron chi connectivity index (χ4n) is 1.92. The van der Waals surface area contributed by atoms with E-state index in [-0.39, 0.29) is 11.9 Å². The molecule has 0 aliphatic carbocycles. The largest absolute Gasteiger partial charge is 0.496 e. The summed E-state index contributed by atoms with van der Waals surface area (Å²) in [6.45, 7) is 4.94. The van der Waals surface area contributed by atoms with Gasteiger partial charge in [-0.25, -0.2) is 4.39 Å². The second-order valence-corrected chi connectivity index (χ2v) is 3.75. The Morgan fingerprint density at radius 2 is 2.12 bits per heavy atom. The maximum absolute atomic E-state index is 13.8. The number of ether oxygens (including phenoxy) is 1. The molecule has 0 amide bonds. The van der Waals surface area contributed by atoms with E-state index in [0.29, 0.717) is 11.3 Å². The lowest BCUT2D eigenvalue weighted by atomic mass is 10.0. The number of methoxy groups -OCH3 is 1. The van der Waals surface area contributed by atoms with Crippen molar-refractivity contribution in [2.45, 2.75) is 32.7 Å². The smallest absolute Gasteiger partial charge is 0.131 e. The second-order valence-electron chi connectivity index (χ2n) is 3.75. The molecule has 1 unspecified atom stereocenters. The van der Waals surface area contributed by atoms with Crippen LogP contribution >= 0.6 is 0 Å². The van der Waals surface area contributed by atoms with Gasteiger partial charge in [-0.2, -0.15) is 0 Å². The molecule has 0 bridgehead atoms. The van der Waals surface area contributed by atoms with Crippen LogP contribution in [0, 0.1) is 5.82 Å². The zero-order chi connectivity index (χ0) is 12.0. The van der Waals surface area contributed by atoms with Gasteiger partial charge in [-0.15, -0.1) is 0 Å². The molecule has 1 N–H and O–H groups in total. The molecule has 1 aromatic carbocycles. The zero-order valence-corrected chi connectivity index (χ0v) is 10.2. The molecule has 0 saturated carbocycles. The van der Waals surface area contributed by atoms with Crippen LogP contribution in [0.5, 0.6) is 5.75 Å². The van der Waals surface area contributed by atoms with Gasteiger partial charge in [0, 0.05) is 11.6 Å². The molecule has 90 valence electrons. The molecule has 0 aliphatic rings. The van der Waals surface area contributed by atoms with Gasteiger partial charge in [0.15, 0.2) is 0 Å². The number of benzene rings is 1. The molecule has 2 nitrogen and oxygen atoms in total. The Balaban J connectivity index is 3.05. The van der Waals surface area contributed by atoms with E-state index in [1.165, 1.54) is 6.07 Å². The third-order valence-electron chi connectivity index (χ3n) is 2.61. The molecule has 0 fully saturated rings. The van der Waals surface area contributed by atoms with Crippen LogP contribution in [-0.2, 0) is 0 Å². The highest BCUT2D eigenvalue weighted by molar-refractivity contribution is 5.37. The summed E-state index contributed by atoms with van der Waals surface area (Å²) in [5.74, 6) is 0.429. The van der Waals surface area contributed by atoms with Gasteiger partial charge in [0.25, 0.3) is 0 Å². The normalized spacial score (nSPS) is 12.5. The Labute approximate surface area is 96.8 Å². The number of rotatable bonds is 6. The third kappa shape index (κ3) is 2.95. The third-order valence-corrected chi connectivity index (χ3v) is 2.61. The standard InChI is InChI=1S/C13H20FNO/c1-4-7-11(15-5-2)13-10(14)8-6-9-12(13)16-3/h6,8-9,11,15H,4-5,7H2,1-3H3. The molecular formula is C13H20FNO. The first-order valence-electron chi connectivity index (χ1n) is 5.80. The van der Waals surface area contributed by atoms with Crippen LogP contribution in [0.15, 0.2) is 18.2 Å². The Hall–Kier alpha value is -1.09. The van der Waals surface area contributed by atoms with Gasteiger partial charge in [-0.05, 0) is 25.1 Å². The molecule has 1 aromatic rings. The van der Waals surface area contributed by atoms with E-state index in [0.717, 1.165) is 19.4 Å². The Bertz CT molecular complexity index is 322. The van der Waals surface area contributed by atoms with E-state index in [1.807, 2.05) is 6.92 Å². The highest BCUT2D eigenvalue weighted by Gasteiger charge is 2.18. The van der Waals surface area contributed by atoms with Crippen molar-refractivity contribution in [1.29, 1.82) is 0 Å². The molecule has 3 heteroatoms. The van der Waals surface area contributed by atoms with Gasteiger partial charge in [-0.3, -0.25) is 0 Å². The van der Waals surface area contributed by atoms with E-state index in [4.69, 9.17) is 4.74 Å². The predicted octanol–water partition coefficient (Wildman–Crippen LogP) is 3.29. The summed E-state index contributed by atoms with van der Waals surface area (Å²) >= 11 is 0.